The Kier molecular flexibility index (Phi) is 5.73. The molecule has 1 aliphatic rings. The van der Waals surface area contributed by atoms with E-state index in [9.17, 15) is 4.79 Å². The van der Waals surface area contributed by atoms with Crippen molar-refractivity contribution in [2.45, 2.75) is 50.4 Å². The molecule has 106 valence electrons. The Morgan fingerprint density at radius 2 is 2.37 bits per heavy atom. The van der Waals surface area contributed by atoms with Gasteiger partial charge < -0.3 is 10.6 Å². The zero-order valence-corrected chi connectivity index (χ0v) is 13.2. The minimum Gasteiger partial charge on any atom is -0.325 e. The molecule has 5 heteroatoms. The molecule has 2 atom stereocenters. The summed E-state index contributed by atoms with van der Waals surface area (Å²) in [4.78, 5) is 12.3. The monoisotopic (exact) mass is 298 g/mol. The van der Waals surface area contributed by atoms with Gasteiger partial charge in [0.1, 0.15) is 0 Å². The second kappa shape index (κ2) is 7.31. The Morgan fingerprint density at radius 3 is 3.11 bits per heavy atom. The molecule has 2 rings (SSSR count). The summed E-state index contributed by atoms with van der Waals surface area (Å²) in [5, 5.41) is 9.38. The highest BCUT2D eigenvalue weighted by Crippen LogP contribution is 2.28. The van der Waals surface area contributed by atoms with Crippen molar-refractivity contribution in [1.82, 2.24) is 5.32 Å². The van der Waals surface area contributed by atoms with Crippen LogP contribution in [0.25, 0.3) is 0 Å². The van der Waals surface area contributed by atoms with Gasteiger partial charge in [-0.2, -0.15) is 11.8 Å². The van der Waals surface area contributed by atoms with Crippen molar-refractivity contribution in [3.05, 3.63) is 16.3 Å². The van der Waals surface area contributed by atoms with Crippen molar-refractivity contribution < 1.29 is 4.79 Å². The third-order valence-electron chi connectivity index (χ3n) is 3.57. The van der Waals surface area contributed by atoms with Gasteiger partial charge in [0.05, 0.1) is 5.69 Å². The number of hydrogen-bond acceptors (Lipinski definition) is 4. The smallest absolute Gasteiger partial charge is 0.221 e. The molecule has 2 N–H and O–H groups in total. The third kappa shape index (κ3) is 4.51. The zero-order valence-electron chi connectivity index (χ0n) is 11.6. The quantitative estimate of drug-likeness (QED) is 0.874. The molecule has 1 fully saturated rings. The predicted molar refractivity (Wildman–Crippen MR) is 85.0 cm³/mol. The number of thiophene rings is 1. The molecule has 0 bridgehead atoms. The van der Waals surface area contributed by atoms with E-state index in [1.165, 1.54) is 30.6 Å². The van der Waals surface area contributed by atoms with Gasteiger partial charge in [-0.3, -0.25) is 4.79 Å². The van der Waals surface area contributed by atoms with Gasteiger partial charge in [0.25, 0.3) is 0 Å². The number of carbonyl (C=O) groups is 1. The molecule has 1 heterocycles. The lowest BCUT2D eigenvalue weighted by Crippen LogP contribution is -2.34. The Hall–Kier alpha value is -0.520. The van der Waals surface area contributed by atoms with Crippen LogP contribution in [-0.4, -0.2) is 23.5 Å². The van der Waals surface area contributed by atoms with E-state index in [0.29, 0.717) is 6.04 Å². The first-order chi connectivity index (χ1) is 9.19. The lowest BCUT2D eigenvalue weighted by atomic mass is 9.95. The Bertz CT molecular complexity index is 419. The topological polar surface area (TPSA) is 41.1 Å². The van der Waals surface area contributed by atoms with Crippen molar-refractivity contribution in [3.63, 3.8) is 0 Å². The highest BCUT2D eigenvalue weighted by atomic mass is 32.2. The fraction of sp³-hybridized carbons (Fsp3) is 0.643. The van der Waals surface area contributed by atoms with E-state index in [-0.39, 0.29) is 5.91 Å². The maximum atomic E-state index is 11.1. The van der Waals surface area contributed by atoms with Crippen molar-refractivity contribution >= 4 is 34.7 Å². The average Bonchev–Trinajstić information content (AvgIpc) is 2.83. The summed E-state index contributed by atoms with van der Waals surface area (Å²) in [6, 6.07) is 2.60. The first-order valence-electron chi connectivity index (χ1n) is 6.79. The van der Waals surface area contributed by atoms with Crippen molar-refractivity contribution in [2.75, 3.05) is 11.6 Å². The highest BCUT2D eigenvalue weighted by molar-refractivity contribution is 7.99. The molecule has 0 saturated heterocycles. The maximum Gasteiger partial charge on any atom is 0.221 e. The van der Waals surface area contributed by atoms with Gasteiger partial charge in [-0.1, -0.05) is 6.42 Å². The summed E-state index contributed by atoms with van der Waals surface area (Å²) in [5.41, 5.74) is 0.960. The van der Waals surface area contributed by atoms with Gasteiger partial charge in [0.2, 0.25) is 5.91 Å². The van der Waals surface area contributed by atoms with Crippen LogP contribution in [0.2, 0.25) is 0 Å². The van der Waals surface area contributed by atoms with E-state index in [1.54, 1.807) is 18.3 Å². The largest absolute Gasteiger partial charge is 0.325 e. The van der Waals surface area contributed by atoms with Gasteiger partial charge >= 0.3 is 0 Å². The Labute approximate surface area is 123 Å². The molecule has 3 nitrogen and oxygen atoms in total. The normalized spacial score (nSPS) is 23.3. The van der Waals surface area contributed by atoms with Crippen LogP contribution in [0.5, 0.6) is 0 Å². The van der Waals surface area contributed by atoms with Crippen LogP contribution in [0, 0.1) is 0 Å². The summed E-state index contributed by atoms with van der Waals surface area (Å²) in [7, 11) is 0. The van der Waals surface area contributed by atoms with Crippen LogP contribution < -0.4 is 10.6 Å². The molecular weight excluding hydrogens is 276 g/mol. The average molecular weight is 298 g/mol. The van der Waals surface area contributed by atoms with E-state index < -0.39 is 0 Å². The number of anilines is 1. The number of rotatable bonds is 5. The van der Waals surface area contributed by atoms with Gasteiger partial charge in [0.15, 0.2) is 0 Å². The minimum atomic E-state index is -0.000219. The fourth-order valence-corrected chi connectivity index (χ4v) is 4.17. The van der Waals surface area contributed by atoms with Crippen LogP contribution in [-0.2, 0) is 11.3 Å². The molecule has 0 radical (unpaired) electrons. The number of nitrogens with one attached hydrogen (secondary N) is 2. The van der Waals surface area contributed by atoms with Crippen LogP contribution in [0.15, 0.2) is 11.4 Å². The van der Waals surface area contributed by atoms with E-state index >= 15 is 0 Å². The molecule has 1 aliphatic carbocycles. The minimum absolute atomic E-state index is 0.000219. The summed E-state index contributed by atoms with van der Waals surface area (Å²) in [6.45, 7) is 2.41. The van der Waals surface area contributed by atoms with E-state index in [1.807, 2.05) is 23.2 Å². The SMILES string of the molecule is CSC1CCCC(NCc2sccc2NC(C)=O)C1. The van der Waals surface area contributed by atoms with Crippen molar-refractivity contribution in [1.29, 1.82) is 0 Å². The molecule has 2 unspecified atom stereocenters. The molecule has 1 aromatic rings. The van der Waals surface area contributed by atoms with Crippen LogP contribution >= 0.6 is 23.1 Å². The highest BCUT2D eigenvalue weighted by Gasteiger charge is 2.21. The molecule has 0 spiro atoms. The number of thioether (sulfide) groups is 1. The molecule has 0 aromatic carbocycles. The van der Waals surface area contributed by atoms with Gasteiger partial charge in [-0.05, 0) is 37.0 Å². The summed E-state index contributed by atoms with van der Waals surface area (Å²) >= 11 is 3.69. The lowest BCUT2D eigenvalue weighted by Gasteiger charge is -2.28. The first-order valence-corrected chi connectivity index (χ1v) is 8.96. The van der Waals surface area contributed by atoms with Gasteiger partial charge in [-0.25, -0.2) is 0 Å². The molecule has 1 saturated carbocycles. The van der Waals surface area contributed by atoms with E-state index in [0.717, 1.165) is 17.5 Å². The summed E-state index contributed by atoms with van der Waals surface area (Å²) in [6.07, 6.45) is 7.43. The lowest BCUT2D eigenvalue weighted by molar-refractivity contribution is -0.114. The Morgan fingerprint density at radius 1 is 1.53 bits per heavy atom. The Balaban J connectivity index is 1.84. The van der Waals surface area contributed by atoms with Gasteiger partial charge in [-0.15, -0.1) is 11.3 Å². The third-order valence-corrected chi connectivity index (χ3v) is 5.58. The van der Waals surface area contributed by atoms with Crippen molar-refractivity contribution in [3.8, 4) is 0 Å². The van der Waals surface area contributed by atoms with Gasteiger partial charge in [0, 0.05) is 29.6 Å². The van der Waals surface area contributed by atoms with Crippen LogP contribution in [0.1, 0.15) is 37.5 Å². The number of amides is 1. The second-order valence-electron chi connectivity index (χ2n) is 5.04. The van der Waals surface area contributed by atoms with E-state index in [2.05, 4.69) is 16.9 Å². The van der Waals surface area contributed by atoms with E-state index in [4.69, 9.17) is 0 Å². The summed E-state index contributed by atoms with van der Waals surface area (Å²) < 4.78 is 0. The standard InChI is InChI=1S/C14H22N2OS2/c1-10(17)16-13-6-7-19-14(13)9-15-11-4-3-5-12(8-11)18-2/h6-7,11-12,15H,3-5,8-9H2,1-2H3,(H,16,17). The molecule has 0 aliphatic heterocycles. The predicted octanol–water partition coefficient (Wildman–Crippen LogP) is 3.47. The second-order valence-corrected chi connectivity index (χ2v) is 7.18. The molecule has 19 heavy (non-hydrogen) atoms. The number of carbonyl (C=O) groups excluding carboxylic acids is 1. The molecular formula is C14H22N2OS2. The van der Waals surface area contributed by atoms with Crippen LogP contribution in [0.3, 0.4) is 0 Å². The maximum absolute atomic E-state index is 11.1. The molecule has 1 amide bonds. The zero-order chi connectivity index (χ0) is 13.7. The number of hydrogen-bond donors (Lipinski definition) is 2. The van der Waals surface area contributed by atoms with Crippen molar-refractivity contribution in [2.24, 2.45) is 0 Å². The fourth-order valence-electron chi connectivity index (χ4n) is 2.56. The summed E-state index contributed by atoms with van der Waals surface area (Å²) in [5.74, 6) is -0.000219. The first kappa shape index (κ1) is 14.9. The molecule has 1 aromatic heterocycles. The van der Waals surface area contributed by atoms with Crippen LogP contribution in [0.4, 0.5) is 5.69 Å².